The number of nitrogens with zero attached hydrogens (tertiary/aromatic N) is 1. The average molecular weight is 468 g/mol. The number of hydrogen-bond donors (Lipinski definition) is 1. The van der Waals surface area contributed by atoms with Gasteiger partial charge in [-0.3, -0.25) is 4.79 Å². The number of alkyl halides is 3. The van der Waals surface area contributed by atoms with Crippen LogP contribution in [0.25, 0.3) is 11.1 Å². The van der Waals surface area contributed by atoms with Gasteiger partial charge in [-0.15, -0.1) is 0 Å². The van der Waals surface area contributed by atoms with Gasteiger partial charge in [0.2, 0.25) is 0 Å². The Bertz CT molecular complexity index is 1240. The lowest BCUT2D eigenvalue weighted by Crippen LogP contribution is -2.17. The molecule has 1 N–H and O–H groups in total. The summed E-state index contributed by atoms with van der Waals surface area (Å²) in [5.41, 5.74) is 0.736. The molecule has 0 aliphatic heterocycles. The lowest BCUT2D eigenvalue weighted by atomic mass is 9.81. The maximum atomic E-state index is 13.0. The molecule has 3 aromatic carbocycles. The molecule has 176 valence electrons. The highest BCUT2D eigenvalue weighted by molar-refractivity contribution is 6.05. The molecule has 0 unspecified atom stereocenters. The number of nitriles is 1. The Kier molecular flexibility index (Phi) is 6.87. The monoisotopic (exact) mass is 468 g/mol. The molecule has 5 nitrogen and oxygen atoms in total. The molecule has 3 aromatic rings. The van der Waals surface area contributed by atoms with E-state index in [2.05, 4.69) is 11.4 Å². The van der Waals surface area contributed by atoms with Crippen LogP contribution in [-0.4, -0.2) is 20.1 Å². The Morgan fingerprint density at radius 1 is 0.912 bits per heavy atom. The first-order valence-electron chi connectivity index (χ1n) is 10.3. The third kappa shape index (κ3) is 5.15. The van der Waals surface area contributed by atoms with Gasteiger partial charge in [0.15, 0.2) is 11.5 Å². The molecule has 0 aliphatic carbocycles. The van der Waals surface area contributed by atoms with E-state index in [1.165, 1.54) is 32.4 Å². The summed E-state index contributed by atoms with van der Waals surface area (Å²) in [7, 11) is 2.95. The average Bonchev–Trinajstić information content (AvgIpc) is 2.82. The summed E-state index contributed by atoms with van der Waals surface area (Å²) in [5, 5.41) is 12.4. The minimum Gasteiger partial charge on any atom is -0.493 e. The van der Waals surface area contributed by atoms with Crippen molar-refractivity contribution < 1.29 is 27.4 Å². The van der Waals surface area contributed by atoms with Gasteiger partial charge in [0.1, 0.15) is 0 Å². The Labute approximate surface area is 195 Å². The van der Waals surface area contributed by atoms with Crippen molar-refractivity contribution >= 4 is 11.6 Å². The van der Waals surface area contributed by atoms with Crippen LogP contribution in [-0.2, 0) is 11.6 Å². The Balaban J connectivity index is 2.01. The van der Waals surface area contributed by atoms with Crippen LogP contribution in [0.2, 0.25) is 0 Å². The molecule has 8 heteroatoms. The predicted molar refractivity (Wildman–Crippen MR) is 123 cm³/mol. The second-order valence-corrected chi connectivity index (χ2v) is 8.10. The number of anilines is 1. The van der Waals surface area contributed by atoms with E-state index in [1.54, 1.807) is 44.2 Å². The molecular weight excluding hydrogens is 445 g/mol. The highest BCUT2D eigenvalue weighted by Gasteiger charge is 2.30. The van der Waals surface area contributed by atoms with E-state index < -0.39 is 23.1 Å². The van der Waals surface area contributed by atoms with Crippen LogP contribution in [0, 0.1) is 11.3 Å². The normalized spacial score (nSPS) is 11.5. The van der Waals surface area contributed by atoms with Crippen LogP contribution in [0.15, 0.2) is 60.7 Å². The van der Waals surface area contributed by atoms with Crippen molar-refractivity contribution in [1.29, 1.82) is 5.26 Å². The van der Waals surface area contributed by atoms with E-state index in [1.807, 2.05) is 0 Å². The number of carbonyl (C=O) groups excluding carboxylic acids is 1. The zero-order valence-corrected chi connectivity index (χ0v) is 19.1. The van der Waals surface area contributed by atoms with Crippen LogP contribution in [0.3, 0.4) is 0 Å². The molecular formula is C26H23F3N2O3. The number of rotatable bonds is 6. The van der Waals surface area contributed by atoms with Gasteiger partial charge in [0, 0.05) is 11.3 Å². The standard InChI is InChI=1S/C26H23F3N2O3/c1-25(2,15-30)21-11-10-19(14-20(21)16-5-8-18(9-6-16)26(27,28)29)31-24(32)17-7-12-22(33-3)23(13-17)34-4/h5-14H,1-4H3,(H,31,32). The predicted octanol–water partition coefficient (Wildman–Crippen LogP) is 6.44. The molecule has 3 rings (SSSR count). The topological polar surface area (TPSA) is 71.3 Å². The van der Waals surface area contributed by atoms with Crippen LogP contribution in [0.4, 0.5) is 18.9 Å². The molecule has 1 amide bonds. The largest absolute Gasteiger partial charge is 0.493 e. The van der Waals surface area contributed by atoms with Crippen LogP contribution >= 0.6 is 0 Å². The first-order valence-corrected chi connectivity index (χ1v) is 10.3. The quantitative estimate of drug-likeness (QED) is 0.452. The van der Waals surface area contributed by atoms with E-state index in [9.17, 15) is 23.2 Å². The van der Waals surface area contributed by atoms with Crippen LogP contribution in [0.1, 0.15) is 35.3 Å². The zero-order chi connectivity index (χ0) is 25.1. The molecule has 0 saturated heterocycles. The molecule has 0 fully saturated rings. The molecule has 0 aromatic heterocycles. The number of hydrogen-bond acceptors (Lipinski definition) is 4. The number of amides is 1. The Hall–Kier alpha value is -3.99. The van der Waals surface area contributed by atoms with Gasteiger partial charge in [0.25, 0.3) is 5.91 Å². The molecule has 0 bridgehead atoms. The number of ether oxygens (including phenoxy) is 2. The first kappa shape index (κ1) is 24.6. The van der Waals surface area contributed by atoms with Gasteiger partial charge < -0.3 is 14.8 Å². The second kappa shape index (κ2) is 9.48. The Morgan fingerprint density at radius 2 is 1.56 bits per heavy atom. The summed E-state index contributed by atoms with van der Waals surface area (Å²) < 4.78 is 49.4. The van der Waals surface area contributed by atoms with Crippen LogP contribution in [0.5, 0.6) is 11.5 Å². The number of methoxy groups -OCH3 is 2. The van der Waals surface area contributed by atoms with Gasteiger partial charge in [0.05, 0.1) is 31.3 Å². The van der Waals surface area contributed by atoms with Gasteiger partial charge in [-0.2, -0.15) is 18.4 Å². The van der Waals surface area contributed by atoms with Crippen molar-refractivity contribution in [2.24, 2.45) is 0 Å². The van der Waals surface area contributed by atoms with Crippen molar-refractivity contribution in [3.05, 3.63) is 77.4 Å². The lowest BCUT2D eigenvalue weighted by Gasteiger charge is -2.22. The summed E-state index contributed by atoms with van der Waals surface area (Å²) in [6.45, 7) is 3.44. The molecule has 0 spiro atoms. The fourth-order valence-corrected chi connectivity index (χ4v) is 3.49. The fourth-order valence-electron chi connectivity index (χ4n) is 3.49. The van der Waals surface area contributed by atoms with E-state index in [0.29, 0.717) is 39.4 Å². The zero-order valence-electron chi connectivity index (χ0n) is 19.1. The molecule has 34 heavy (non-hydrogen) atoms. The highest BCUT2D eigenvalue weighted by Crippen LogP contribution is 2.37. The van der Waals surface area contributed by atoms with Crippen molar-refractivity contribution in [1.82, 2.24) is 0 Å². The summed E-state index contributed by atoms with van der Waals surface area (Å²) in [6.07, 6.45) is -4.46. The van der Waals surface area contributed by atoms with Gasteiger partial charge in [-0.1, -0.05) is 18.2 Å². The van der Waals surface area contributed by atoms with Crippen molar-refractivity contribution in [3.63, 3.8) is 0 Å². The second-order valence-electron chi connectivity index (χ2n) is 8.10. The van der Waals surface area contributed by atoms with Crippen LogP contribution < -0.4 is 14.8 Å². The number of carbonyl (C=O) groups is 1. The van der Waals surface area contributed by atoms with Crippen molar-refractivity contribution in [2.45, 2.75) is 25.4 Å². The minimum atomic E-state index is -4.46. The maximum absolute atomic E-state index is 13.0. The first-order chi connectivity index (χ1) is 16.0. The molecule has 0 aliphatic rings. The summed E-state index contributed by atoms with van der Waals surface area (Å²) in [4.78, 5) is 12.8. The highest BCUT2D eigenvalue weighted by atomic mass is 19.4. The number of halogens is 3. The lowest BCUT2D eigenvalue weighted by molar-refractivity contribution is -0.137. The molecule has 0 radical (unpaired) electrons. The minimum absolute atomic E-state index is 0.329. The molecule has 0 heterocycles. The summed E-state index contributed by atoms with van der Waals surface area (Å²) in [5.74, 6) is 0.463. The SMILES string of the molecule is COc1ccc(C(=O)Nc2ccc(C(C)(C)C#N)c(-c3ccc(C(F)(F)F)cc3)c2)cc1OC. The van der Waals surface area contributed by atoms with Gasteiger partial charge in [-0.25, -0.2) is 0 Å². The summed E-state index contributed by atoms with van der Waals surface area (Å²) >= 11 is 0. The van der Waals surface area contributed by atoms with E-state index in [-0.39, 0.29) is 0 Å². The number of nitrogens with one attached hydrogen (secondary N) is 1. The molecule has 0 saturated carbocycles. The third-order valence-electron chi connectivity index (χ3n) is 5.40. The smallest absolute Gasteiger partial charge is 0.416 e. The van der Waals surface area contributed by atoms with Gasteiger partial charge in [-0.05, 0) is 73.0 Å². The fraction of sp³-hybridized carbons (Fsp3) is 0.231. The third-order valence-corrected chi connectivity index (χ3v) is 5.40. The van der Waals surface area contributed by atoms with Gasteiger partial charge >= 0.3 is 6.18 Å². The molecule has 0 atom stereocenters. The van der Waals surface area contributed by atoms with Crippen molar-refractivity contribution in [3.8, 4) is 28.7 Å². The Morgan fingerprint density at radius 3 is 2.12 bits per heavy atom. The van der Waals surface area contributed by atoms with E-state index in [4.69, 9.17) is 9.47 Å². The maximum Gasteiger partial charge on any atom is 0.416 e. The summed E-state index contributed by atoms with van der Waals surface area (Å²) in [6, 6.07) is 16.7. The van der Waals surface area contributed by atoms with E-state index in [0.717, 1.165) is 12.1 Å². The van der Waals surface area contributed by atoms with E-state index >= 15 is 0 Å². The number of benzene rings is 3. The van der Waals surface area contributed by atoms with Crippen molar-refractivity contribution in [2.75, 3.05) is 19.5 Å².